The van der Waals surface area contributed by atoms with E-state index >= 15 is 0 Å². The first kappa shape index (κ1) is 14.9. The SMILES string of the molecule is CNc1ccc(C(=O)NCc2csc(C)n2)cc1[N+](=O)[O-]. The summed E-state index contributed by atoms with van der Waals surface area (Å²) in [5.41, 5.74) is 1.25. The van der Waals surface area contributed by atoms with Gasteiger partial charge in [-0.3, -0.25) is 14.9 Å². The lowest BCUT2D eigenvalue weighted by atomic mass is 10.1. The van der Waals surface area contributed by atoms with E-state index in [1.54, 1.807) is 13.1 Å². The minimum Gasteiger partial charge on any atom is -0.383 e. The Morgan fingerprint density at radius 3 is 2.81 bits per heavy atom. The molecule has 0 fully saturated rings. The average Bonchev–Trinajstić information content (AvgIpc) is 2.89. The van der Waals surface area contributed by atoms with E-state index in [0.29, 0.717) is 12.2 Å². The third-order valence-electron chi connectivity index (χ3n) is 2.82. The molecule has 1 amide bonds. The Hall–Kier alpha value is -2.48. The van der Waals surface area contributed by atoms with Crippen molar-refractivity contribution >= 4 is 28.6 Å². The van der Waals surface area contributed by atoms with Gasteiger partial charge in [0.15, 0.2) is 0 Å². The molecular formula is C13H14N4O3S. The highest BCUT2D eigenvalue weighted by atomic mass is 32.1. The van der Waals surface area contributed by atoms with Crippen LogP contribution >= 0.6 is 11.3 Å². The van der Waals surface area contributed by atoms with Crippen LogP contribution in [0.4, 0.5) is 11.4 Å². The molecule has 0 spiro atoms. The average molecular weight is 306 g/mol. The fraction of sp³-hybridized carbons (Fsp3) is 0.231. The minimum absolute atomic E-state index is 0.130. The van der Waals surface area contributed by atoms with Crippen LogP contribution < -0.4 is 10.6 Å². The molecule has 0 aliphatic heterocycles. The molecule has 2 aromatic rings. The lowest BCUT2D eigenvalue weighted by molar-refractivity contribution is -0.384. The number of anilines is 1. The number of nitrogens with one attached hydrogen (secondary N) is 2. The first-order valence-electron chi connectivity index (χ1n) is 6.16. The Balaban J connectivity index is 2.12. The molecule has 0 radical (unpaired) electrons. The van der Waals surface area contributed by atoms with Gasteiger partial charge in [0.1, 0.15) is 5.69 Å². The van der Waals surface area contributed by atoms with Gasteiger partial charge in [0, 0.05) is 24.1 Å². The molecule has 0 saturated carbocycles. The molecule has 0 saturated heterocycles. The fourth-order valence-corrected chi connectivity index (χ4v) is 2.41. The fourth-order valence-electron chi connectivity index (χ4n) is 1.80. The van der Waals surface area contributed by atoms with Crippen LogP contribution in [0.2, 0.25) is 0 Å². The van der Waals surface area contributed by atoms with Gasteiger partial charge in [-0.1, -0.05) is 0 Å². The van der Waals surface area contributed by atoms with Crippen LogP contribution in [0.3, 0.4) is 0 Å². The second-order valence-electron chi connectivity index (χ2n) is 4.28. The van der Waals surface area contributed by atoms with Gasteiger partial charge >= 0.3 is 0 Å². The van der Waals surface area contributed by atoms with Crippen LogP contribution in [0, 0.1) is 17.0 Å². The summed E-state index contributed by atoms with van der Waals surface area (Å²) < 4.78 is 0. The number of amides is 1. The van der Waals surface area contributed by atoms with Crippen LogP contribution in [0.1, 0.15) is 21.1 Å². The van der Waals surface area contributed by atoms with Gasteiger partial charge in [-0.05, 0) is 19.1 Å². The largest absolute Gasteiger partial charge is 0.383 e. The number of aryl methyl sites for hydroxylation is 1. The molecule has 0 aliphatic carbocycles. The van der Waals surface area contributed by atoms with Crippen LogP contribution in [0.15, 0.2) is 23.6 Å². The molecule has 2 rings (SSSR count). The highest BCUT2D eigenvalue weighted by molar-refractivity contribution is 7.09. The predicted octanol–water partition coefficient (Wildman–Crippen LogP) is 2.33. The molecule has 0 bridgehead atoms. The van der Waals surface area contributed by atoms with Gasteiger partial charge in [-0.2, -0.15) is 0 Å². The van der Waals surface area contributed by atoms with Crippen molar-refractivity contribution in [2.75, 3.05) is 12.4 Å². The number of aromatic nitrogens is 1. The first-order valence-corrected chi connectivity index (χ1v) is 7.04. The van der Waals surface area contributed by atoms with Crippen molar-refractivity contribution < 1.29 is 9.72 Å². The van der Waals surface area contributed by atoms with Crippen LogP contribution in [0.5, 0.6) is 0 Å². The van der Waals surface area contributed by atoms with E-state index in [9.17, 15) is 14.9 Å². The Kier molecular flexibility index (Phi) is 4.49. The standard InChI is InChI=1S/C13H14N4O3S/c1-8-16-10(7-21-8)6-15-13(18)9-3-4-11(14-2)12(5-9)17(19)20/h3-5,7,14H,6H2,1-2H3,(H,15,18). The molecule has 2 N–H and O–H groups in total. The minimum atomic E-state index is -0.521. The summed E-state index contributed by atoms with van der Waals surface area (Å²) in [7, 11) is 1.59. The third-order valence-corrected chi connectivity index (χ3v) is 3.64. The zero-order valence-corrected chi connectivity index (χ0v) is 12.4. The molecule has 8 heteroatoms. The molecule has 110 valence electrons. The van der Waals surface area contributed by atoms with Crippen molar-refractivity contribution in [2.24, 2.45) is 0 Å². The molecule has 0 atom stereocenters. The van der Waals surface area contributed by atoms with E-state index in [4.69, 9.17) is 0 Å². The number of nitro groups is 1. The second-order valence-corrected chi connectivity index (χ2v) is 5.34. The maximum Gasteiger partial charge on any atom is 0.293 e. The van der Waals surface area contributed by atoms with Gasteiger partial charge in [-0.15, -0.1) is 11.3 Å². The summed E-state index contributed by atoms with van der Waals surface area (Å²) in [6.45, 7) is 2.18. The normalized spacial score (nSPS) is 10.2. The van der Waals surface area contributed by atoms with Gasteiger partial charge in [0.05, 0.1) is 22.2 Å². The summed E-state index contributed by atoms with van der Waals surface area (Å²) in [6.07, 6.45) is 0. The number of hydrogen-bond acceptors (Lipinski definition) is 6. The van der Waals surface area contributed by atoms with E-state index in [2.05, 4.69) is 15.6 Å². The van der Waals surface area contributed by atoms with E-state index < -0.39 is 4.92 Å². The maximum atomic E-state index is 12.0. The Morgan fingerprint density at radius 2 is 2.24 bits per heavy atom. The summed E-state index contributed by atoms with van der Waals surface area (Å²) in [5, 5.41) is 19.2. The summed E-state index contributed by atoms with van der Waals surface area (Å²) in [6, 6.07) is 4.31. The van der Waals surface area contributed by atoms with Gasteiger partial charge in [0.25, 0.3) is 11.6 Å². The van der Waals surface area contributed by atoms with Gasteiger partial charge in [0.2, 0.25) is 0 Å². The van der Waals surface area contributed by atoms with Gasteiger partial charge < -0.3 is 10.6 Å². The van der Waals surface area contributed by atoms with Crippen LogP contribution in [-0.2, 0) is 6.54 Å². The topological polar surface area (TPSA) is 97.2 Å². The molecule has 0 aliphatic rings. The number of benzene rings is 1. The Morgan fingerprint density at radius 1 is 1.48 bits per heavy atom. The number of carbonyl (C=O) groups excluding carboxylic acids is 1. The Bertz CT molecular complexity index is 684. The molecule has 21 heavy (non-hydrogen) atoms. The number of nitrogens with zero attached hydrogens (tertiary/aromatic N) is 2. The maximum absolute atomic E-state index is 12.0. The summed E-state index contributed by atoms with van der Waals surface area (Å²) in [5.74, 6) is -0.369. The smallest absolute Gasteiger partial charge is 0.293 e. The van der Waals surface area contributed by atoms with Crippen molar-refractivity contribution in [1.29, 1.82) is 0 Å². The molecule has 1 aromatic carbocycles. The van der Waals surface area contributed by atoms with Crippen molar-refractivity contribution in [3.63, 3.8) is 0 Å². The van der Waals surface area contributed by atoms with Crippen molar-refractivity contribution in [3.8, 4) is 0 Å². The highest BCUT2D eigenvalue weighted by Gasteiger charge is 2.16. The predicted molar refractivity (Wildman–Crippen MR) is 80.7 cm³/mol. The van der Waals surface area contributed by atoms with Gasteiger partial charge in [-0.25, -0.2) is 4.98 Å². The molecule has 1 aromatic heterocycles. The van der Waals surface area contributed by atoms with Crippen LogP contribution in [0.25, 0.3) is 0 Å². The summed E-state index contributed by atoms with van der Waals surface area (Å²) >= 11 is 1.50. The van der Waals surface area contributed by atoms with Crippen LogP contribution in [-0.4, -0.2) is 22.9 Å². The number of carbonyl (C=O) groups is 1. The second kappa shape index (κ2) is 6.31. The summed E-state index contributed by atoms with van der Waals surface area (Å²) in [4.78, 5) is 26.7. The molecule has 7 nitrogen and oxygen atoms in total. The van der Waals surface area contributed by atoms with E-state index in [1.807, 2.05) is 12.3 Å². The lowest BCUT2D eigenvalue weighted by Crippen LogP contribution is -2.23. The van der Waals surface area contributed by atoms with Crippen molar-refractivity contribution in [3.05, 3.63) is 50.0 Å². The number of nitro benzene ring substituents is 1. The quantitative estimate of drug-likeness (QED) is 0.652. The van der Waals surface area contributed by atoms with E-state index in [1.165, 1.54) is 23.5 Å². The molecule has 1 heterocycles. The van der Waals surface area contributed by atoms with Crippen molar-refractivity contribution in [2.45, 2.75) is 13.5 Å². The third kappa shape index (κ3) is 3.54. The number of hydrogen-bond donors (Lipinski definition) is 2. The first-order chi connectivity index (χ1) is 10.0. The van der Waals surface area contributed by atoms with Crippen molar-refractivity contribution in [1.82, 2.24) is 10.3 Å². The number of thiazole rings is 1. The monoisotopic (exact) mass is 306 g/mol. The molecular weight excluding hydrogens is 292 g/mol. The molecule has 0 unspecified atom stereocenters. The Labute approximate surface area is 125 Å². The zero-order valence-electron chi connectivity index (χ0n) is 11.5. The van der Waals surface area contributed by atoms with E-state index in [0.717, 1.165) is 10.7 Å². The zero-order chi connectivity index (χ0) is 15.4. The number of rotatable bonds is 5. The lowest BCUT2D eigenvalue weighted by Gasteiger charge is -2.06. The highest BCUT2D eigenvalue weighted by Crippen LogP contribution is 2.25. The van der Waals surface area contributed by atoms with E-state index in [-0.39, 0.29) is 17.2 Å².